The summed E-state index contributed by atoms with van der Waals surface area (Å²) in [5.41, 5.74) is 0. The van der Waals surface area contributed by atoms with Gasteiger partial charge in [-0.25, -0.2) is 4.98 Å². The summed E-state index contributed by atoms with van der Waals surface area (Å²) < 4.78 is 1.52. The van der Waals surface area contributed by atoms with Gasteiger partial charge in [-0.2, -0.15) is 0 Å². The highest BCUT2D eigenvalue weighted by Crippen LogP contribution is 2.32. The number of fused-ring (bicyclic) bond motifs is 1. The Kier molecular flexibility index (Phi) is 3.99. The predicted molar refractivity (Wildman–Crippen MR) is 86.1 cm³/mol. The van der Waals surface area contributed by atoms with Crippen LogP contribution in [0.2, 0.25) is 0 Å². The van der Waals surface area contributed by atoms with Gasteiger partial charge in [-0.15, -0.1) is 5.10 Å². The SMILES string of the molecule is Cn1cnc(C(=O)N2C[C@H]3CN(CCN4CCCC4)C(=O)[C@H]3C2)n1. The Morgan fingerprint density at radius 1 is 1.21 bits per heavy atom. The van der Waals surface area contributed by atoms with Crippen molar-refractivity contribution < 1.29 is 9.59 Å². The fourth-order valence-electron chi connectivity index (χ4n) is 4.16. The van der Waals surface area contributed by atoms with E-state index in [2.05, 4.69) is 15.0 Å². The molecule has 3 saturated heterocycles. The molecule has 3 aliphatic heterocycles. The molecule has 3 aliphatic rings. The fourth-order valence-corrected chi connectivity index (χ4v) is 4.16. The van der Waals surface area contributed by atoms with Crippen LogP contribution in [0.5, 0.6) is 0 Å². The lowest BCUT2D eigenvalue weighted by atomic mass is 10.0. The number of hydrogen-bond donors (Lipinski definition) is 0. The molecule has 0 aromatic carbocycles. The maximum Gasteiger partial charge on any atom is 0.293 e. The Labute approximate surface area is 141 Å². The minimum Gasteiger partial charge on any atom is -0.341 e. The number of hydrogen-bond acceptors (Lipinski definition) is 5. The van der Waals surface area contributed by atoms with Crippen molar-refractivity contribution in [2.45, 2.75) is 12.8 Å². The monoisotopic (exact) mass is 332 g/mol. The maximum atomic E-state index is 12.6. The van der Waals surface area contributed by atoms with Crippen molar-refractivity contribution in [3.63, 3.8) is 0 Å². The molecule has 24 heavy (non-hydrogen) atoms. The molecular formula is C16H24N6O2. The van der Waals surface area contributed by atoms with Crippen LogP contribution in [-0.2, 0) is 11.8 Å². The second-order valence-electron chi connectivity index (χ2n) is 7.15. The van der Waals surface area contributed by atoms with E-state index in [0.717, 1.165) is 32.7 Å². The van der Waals surface area contributed by atoms with Crippen LogP contribution in [0.4, 0.5) is 0 Å². The van der Waals surface area contributed by atoms with Crippen LogP contribution >= 0.6 is 0 Å². The zero-order valence-electron chi connectivity index (χ0n) is 14.1. The van der Waals surface area contributed by atoms with Crippen molar-refractivity contribution in [1.29, 1.82) is 0 Å². The minimum absolute atomic E-state index is 0.0451. The molecule has 8 heteroatoms. The summed E-state index contributed by atoms with van der Waals surface area (Å²) in [5.74, 6) is 0.473. The number of aromatic nitrogens is 3. The lowest BCUT2D eigenvalue weighted by Crippen LogP contribution is -2.39. The molecule has 4 heterocycles. The molecule has 0 bridgehead atoms. The zero-order chi connectivity index (χ0) is 16.7. The van der Waals surface area contributed by atoms with Crippen LogP contribution in [0.15, 0.2) is 6.33 Å². The van der Waals surface area contributed by atoms with Crippen molar-refractivity contribution in [1.82, 2.24) is 29.5 Å². The van der Waals surface area contributed by atoms with Gasteiger partial charge < -0.3 is 14.7 Å². The normalized spacial score (nSPS) is 27.3. The van der Waals surface area contributed by atoms with Crippen LogP contribution in [0.1, 0.15) is 23.5 Å². The van der Waals surface area contributed by atoms with Crippen molar-refractivity contribution in [3.05, 3.63) is 12.2 Å². The van der Waals surface area contributed by atoms with Crippen LogP contribution in [-0.4, -0.2) is 87.1 Å². The Morgan fingerprint density at radius 2 is 2.00 bits per heavy atom. The summed E-state index contributed by atoms with van der Waals surface area (Å²) in [5, 5.41) is 4.07. The largest absolute Gasteiger partial charge is 0.341 e. The fraction of sp³-hybridized carbons (Fsp3) is 0.750. The number of carbonyl (C=O) groups excluding carboxylic acids is 2. The molecule has 0 radical (unpaired) electrons. The maximum absolute atomic E-state index is 12.6. The van der Waals surface area contributed by atoms with Gasteiger partial charge in [-0.05, 0) is 25.9 Å². The minimum atomic E-state index is -0.165. The molecule has 0 unspecified atom stereocenters. The van der Waals surface area contributed by atoms with E-state index >= 15 is 0 Å². The third-order valence-electron chi connectivity index (χ3n) is 5.49. The highest BCUT2D eigenvalue weighted by Gasteiger charge is 2.47. The molecule has 0 N–H and O–H groups in total. The van der Waals surface area contributed by atoms with Gasteiger partial charge in [0.1, 0.15) is 6.33 Å². The van der Waals surface area contributed by atoms with Crippen LogP contribution in [0.3, 0.4) is 0 Å². The zero-order valence-corrected chi connectivity index (χ0v) is 14.1. The first-order chi connectivity index (χ1) is 11.6. The number of carbonyl (C=O) groups is 2. The van der Waals surface area contributed by atoms with Crippen LogP contribution < -0.4 is 0 Å². The van der Waals surface area contributed by atoms with Crippen molar-refractivity contribution >= 4 is 11.8 Å². The number of rotatable bonds is 4. The molecular weight excluding hydrogens is 308 g/mol. The summed E-state index contributed by atoms with van der Waals surface area (Å²) >= 11 is 0. The van der Waals surface area contributed by atoms with Gasteiger partial charge in [0.05, 0.1) is 5.92 Å². The Balaban J connectivity index is 1.33. The third kappa shape index (κ3) is 2.79. The molecule has 0 spiro atoms. The molecule has 1 aromatic rings. The lowest BCUT2D eigenvalue weighted by molar-refractivity contribution is -0.131. The number of amides is 2. The van der Waals surface area contributed by atoms with Gasteiger partial charge in [-0.1, -0.05) is 0 Å². The summed E-state index contributed by atoms with van der Waals surface area (Å²) in [4.78, 5) is 35.3. The first-order valence-corrected chi connectivity index (χ1v) is 8.78. The average molecular weight is 332 g/mol. The van der Waals surface area contributed by atoms with Gasteiger partial charge in [0, 0.05) is 45.7 Å². The van der Waals surface area contributed by atoms with E-state index in [1.54, 1.807) is 11.9 Å². The first kappa shape index (κ1) is 15.6. The molecule has 8 nitrogen and oxygen atoms in total. The van der Waals surface area contributed by atoms with E-state index < -0.39 is 0 Å². The smallest absolute Gasteiger partial charge is 0.293 e. The topological polar surface area (TPSA) is 74.6 Å². The van der Waals surface area contributed by atoms with Crippen molar-refractivity contribution in [2.75, 3.05) is 45.8 Å². The molecule has 2 amide bonds. The van der Waals surface area contributed by atoms with E-state index in [0.29, 0.717) is 13.1 Å². The van der Waals surface area contributed by atoms with Gasteiger partial charge in [0.2, 0.25) is 11.7 Å². The number of likely N-dealkylation sites (tertiary alicyclic amines) is 3. The molecule has 4 rings (SSSR count). The van der Waals surface area contributed by atoms with Gasteiger partial charge in [0.15, 0.2) is 0 Å². The van der Waals surface area contributed by atoms with Gasteiger partial charge >= 0.3 is 0 Å². The molecule has 0 saturated carbocycles. The van der Waals surface area contributed by atoms with Crippen molar-refractivity contribution in [2.24, 2.45) is 18.9 Å². The highest BCUT2D eigenvalue weighted by molar-refractivity contribution is 5.92. The van der Waals surface area contributed by atoms with Crippen LogP contribution in [0.25, 0.3) is 0 Å². The molecule has 0 aliphatic carbocycles. The summed E-state index contributed by atoms with van der Waals surface area (Å²) in [6.07, 6.45) is 4.07. The lowest BCUT2D eigenvalue weighted by Gasteiger charge is -2.23. The quantitative estimate of drug-likeness (QED) is 0.739. The van der Waals surface area contributed by atoms with Gasteiger partial charge in [-0.3, -0.25) is 14.3 Å². The molecule has 3 fully saturated rings. The second kappa shape index (κ2) is 6.16. The standard InChI is InChI=1S/C16H24N6O2/c1-19-11-17-14(18-19)16(24)22-9-12-8-21(15(23)13(12)10-22)7-6-20-4-2-3-5-20/h11-13H,2-10H2,1H3/t12-,13+/m1/s1. The molecule has 1 aromatic heterocycles. The highest BCUT2D eigenvalue weighted by atomic mass is 16.2. The van der Waals surface area contributed by atoms with Gasteiger partial charge in [0.25, 0.3) is 5.91 Å². The number of nitrogens with zero attached hydrogens (tertiary/aromatic N) is 6. The third-order valence-corrected chi connectivity index (χ3v) is 5.49. The van der Waals surface area contributed by atoms with E-state index in [1.165, 1.54) is 23.9 Å². The van der Waals surface area contributed by atoms with Crippen molar-refractivity contribution in [3.8, 4) is 0 Å². The number of aryl methyl sites for hydroxylation is 1. The summed E-state index contributed by atoms with van der Waals surface area (Å²) in [7, 11) is 1.74. The summed E-state index contributed by atoms with van der Waals surface area (Å²) in [6.45, 7) is 6.03. The van der Waals surface area contributed by atoms with Crippen LogP contribution in [0, 0.1) is 11.8 Å². The second-order valence-corrected chi connectivity index (χ2v) is 7.15. The summed E-state index contributed by atoms with van der Waals surface area (Å²) in [6, 6.07) is 0. The van der Waals surface area contributed by atoms with E-state index in [9.17, 15) is 9.59 Å². The van der Waals surface area contributed by atoms with E-state index in [4.69, 9.17) is 0 Å². The Morgan fingerprint density at radius 3 is 2.67 bits per heavy atom. The molecule has 2 atom stereocenters. The van der Waals surface area contributed by atoms with E-state index in [1.807, 2.05) is 4.90 Å². The average Bonchev–Trinajstić information content (AvgIpc) is 3.32. The Bertz CT molecular complexity index is 638. The van der Waals surface area contributed by atoms with E-state index in [-0.39, 0.29) is 29.5 Å². The predicted octanol–water partition coefficient (Wildman–Crippen LogP) is -0.559. The first-order valence-electron chi connectivity index (χ1n) is 8.78. The molecule has 130 valence electrons. The Hall–Kier alpha value is -1.96.